The minimum absolute atomic E-state index is 0.110. The van der Waals surface area contributed by atoms with Gasteiger partial charge < -0.3 is 9.84 Å². The van der Waals surface area contributed by atoms with Gasteiger partial charge in [-0.1, -0.05) is 6.08 Å². The number of carbonyl (C=O) groups excluding carboxylic acids is 1. The molecule has 3 heteroatoms. The quantitative estimate of drug-likeness (QED) is 0.364. The van der Waals surface area contributed by atoms with Crippen LogP contribution in [0, 0.1) is 0 Å². The number of rotatable bonds is 0. The fraction of sp³-hybridized carbons (Fsp3) is 0.500. The summed E-state index contributed by atoms with van der Waals surface area (Å²) in [5.74, 6) is -0.398. The van der Waals surface area contributed by atoms with Crippen molar-refractivity contribution in [3.8, 4) is 0 Å². The van der Waals surface area contributed by atoms with E-state index in [2.05, 4.69) is 4.74 Å². The maximum atomic E-state index is 10.6. The van der Waals surface area contributed by atoms with Crippen LogP contribution in [0.5, 0.6) is 0 Å². The number of carbonyl (C=O) groups is 1. The molecule has 0 saturated carbocycles. The Balaban J connectivity index is 2.78. The van der Waals surface area contributed by atoms with E-state index in [1.54, 1.807) is 13.0 Å². The van der Waals surface area contributed by atoms with Gasteiger partial charge in [-0.05, 0) is 6.92 Å². The number of allylic oxidation sites excluding steroid dienone is 1. The topological polar surface area (TPSA) is 46.5 Å². The normalized spacial score (nSPS) is 31.1. The Bertz CT molecular complexity index is 160. The van der Waals surface area contributed by atoms with Gasteiger partial charge in [-0.2, -0.15) is 0 Å². The molecule has 1 atom stereocenters. The van der Waals surface area contributed by atoms with Gasteiger partial charge in [-0.25, -0.2) is 4.79 Å². The second-order valence-electron chi connectivity index (χ2n) is 1.86. The van der Waals surface area contributed by atoms with Gasteiger partial charge in [-0.15, -0.1) is 0 Å². The van der Waals surface area contributed by atoms with Crippen molar-refractivity contribution in [1.29, 1.82) is 0 Å². The summed E-state index contributed by atoms with van der Waals surface area (Å²) in [4.78, 5) is 10.6. The Kier molecular flexibility index (Phi) is 1.53. The van der Waals surface area contributed by atoms with Crippen LogP contribution in [-0.2, 0) is 9.53 Å². The van der Waals surface area contributed by atoms with Crippen molar-refractivity contribution in [1.82, 2.24) is 0 Å². The minimum Gasteiger partial charge on any atom is -0.459 e. The summed E-state index contributed by atoms with van der Waals surface area (Å²) in [6, 6.07) is 0. The average molecular weight is 128 g/mol. The van der Waals surface area contributed by atoms with Crippen LogP contribution < -0.4 is 0 Å². The number of cyclic esters (lactones) is 1. The lowest BCUT2D eigenvalue weighted by molar-refractivity contribution is -0.135. The molecule has 0 radical (unpaired) electrons. The Morgan fingerprint density at radius 3 is 2.78 bits per heavy atom. The zero-order valence-electron chi connectivity index (χ0n) is 5.13. The number of aliphatic hydroxyl groups is 1. The van der Waals surface area contributed by atoms with Gasteiger partial charge in [0.15, 0.2) is 0 Å². The summed E-state index contributed by atoms with van der Waals surface area (Å²) in [5.41, 5.74) is 0.370. The lowest BCUT2D eigenvalue weighted by Gasteiger charge is -1.93. The first-order valence-corrected chi connectivity index (χ1v) is 2.77. The van der Waals surface area contributed by atoms with Crippen molar-refractivity contribution in [2.24, 2.45) is 0 Å². The lowest BCUT2D eigenvalue weighted by Crippen LogP contribution is -2.07. The minimum atomic E-state index is -0.706. The number of ether oxygens (including phenoxy) is 1. The van der Waals surface area contributed by atoms with Crippen molar-refractivity contribution in [2.45, 2.75) is 13.0 Å². The van der Waals surface area contributed by atoms with Crippen molar-refractivity contribution >= 4 is 5.97 Å². The molecule has 0 amide bonds. The highest BCUT2D eigenvalue weighted by atomic mass is 16.6. The van der Waals surface area contributed by atoms with Crippen LogP contribution in [-0.4, -0.2) is 23.8 Å². The van der Waals surface area contributed by atoms with Crippen LogP contribution in [0.1, 0.15) is 6.92 Å². The third-order valence-electron chi connectivity index (χ3n) is 1.28. The summed E-state index contributed by atoms with van der Waals surface area (Å²) in [6.45, 7) is 1.81. The van der Waals surface area contributed by atoms with Gasteiger partial charge in [0, 0.05) is 0 Å². The number of hydrogen-bond donors (Lipinski definition) is 1. The van der Waals surface area contributed by atoms with Crippen LogP contribution in [0.3, 0.4) is 0 Å². The molecule has 1 rings (SSSR count). The molecule has 1 heterocycles. The van der Waals surface area contributed by atoms with Crippen molar-refractivity contribution < 1.29 is 14.6 Å². The van der Waals surface area contributed by atoms with Gasteiger partial charge in [0.25, 0.3) is 0 Å². The van der Waals surface area contributed by atoms with E-state index in [1.165, 1.54) is 0 Å². The monoisotopic (exact) mass is 128 g/mol. The zero-order chi connectivity index (χ0) is 6.85. The predicted molar refractivity (Wildman–Crippen MR) is 30.7 cm³/mol. The van der Waals surface area contributed by atoms with Gasteiger partial charge >= 0.3 is 5.97 Å². The van der Waals surface area contributed by atoms with Crippen LogP contribution in [0.4, 0.5) is 0 Å². The summed E-state index contributed by atoms with van der Waals surface area (Å²) in [7, 11) is 0. The molecular formula is C6H8O3. The molecule has 1 N–H and O–H groups in total. The van der Waals surface area contributed by atoms with E-state index in [0.29, 0.717) is 5.57 Å². The number of esters is 1. The Morgan fingerprint density at radius 2 is 2.56 bits per heavy atom. The molecule has 3 nitrogen and oxygen atoms in total. The smallest absolute Gasteiger partial charge is 0.336 e. The van der Waals surface area contributed by atoms with Crippen molar-refractivity contribution in [3.05, 3.63) is 11.6 Å². The SMILES string of the molecule is C/C=C1/C(=O)OCC1O. The summed E-state index contributed by atoms with van der Waals surface area (Å²) in [6.07, 6.45) is 0.863. The molecule has 0 aromatic carbocycles. The Hall–Kier alpha value is -0.830. The van der Waals surface area contributed by atoms with Gasteiger partial charge in [0.05, 0.1) is 5.57 Å². The molecule has 9 heavy (non-hydrogen) atoms. The second kappa shape index (κ2) is 2.19. The number of hydrogen-bond acceptors (Lipinski definition) is 3. The molecule has 50 valence electrons. The van der Waals surface area contributed by atoms with Crippen LogP contribution in [0.2, 0.25) is 0 Å². The van der Waals surface area contributed by atoms with Crippen LogP contribution in [0.15, 0.2) is 11.6 Å². The Labute approximate surface area is 52.9 Å². The molecule has 0 spiro atoms. The first kappa shape index (κ1) is 6.29. The highest BCUT2D eigenvalue weighted by Gasteiger charge is 2.27. The standard InChI is InChI=1S/C6H8O3/c1-2-4-5(7)3-9-6(4)8/h2,5,7H,3H2,1H3/b4-2+. The Morgan fingerprint density at radius 1 is 1.89 bits per heavy atom. The molecule has 0 aliphatic carbocycles. The molecule has 0 bridgehead atoms. The van der Waals surface area contributed by atoms with Crippen molar-refractivity contribution in [3.63, 3.8) is 0 Å². The van der Waals surface area contributed by atoms with E-state index >= 15 is 0 Å². The van der Waals surface area contributed by atoms with E-state index in [9.17, 15) is 4.79 Å². The summed E-state index contributed by atoms with van der Waals surface area (Å²) < 4.78 is 4.51. The molecule has 1 saturated heterocycles. The van der Waals surface area contributed by atoms with E-state index in [1.807, 2.05) is 0 Å². The first-order chi connectivity index (χ1) is 4.25. The molecule has 0 aromatic rings. The largest absolute Gasteiger partial charge is 0.459 e. The number of aliphatic hydroxyl groups excluding tert-OH is 1. The molecular weight excluding hydrogens is 120 g/mol. The average Bonchev–Trinajstić information content (AvgIpc) is 2.12. The molecule has 1 aliphatic rings. The molecule has 0 aromatic heterocycles. The van der Waals surface area contributed by atoms with Gasteiger partial charge in [0.1, 0.15) is 12.7 Å². The van der Waals surface area contributed by atoms with E-state index in [0.717, 1.165) is 0 Å². The van der Waals surface area contributed by atoms with Crippen LogP contribution >= 0.6 is 0 Å². The van der Waals surface area contributed by atoms with Gasteiger partial charge in [-0.3, -0.25) is 0 Å². The zero-order valence-corrected chi connectivity index (χ0v) is 5.13. The summed E-state index contributed by atoms with van der Waals surface area (Å²) >= 11 is 0. The first-order valence-electron chi connectivity index (χ1n) is 2.77. The predicted octanol–water partition coefficient (Wildman–Crippen LogP) is -0.150. The highest BCUT2D eigenvalue weighted by Crippen LogP contribution is 2.12. The molecule has 1 fully saturated rings. The third kappa shape index (κ3) is 0.954. The fourth-order valence-corrected chi connectivity index (χ4v) is 0.774. The molecule has 1 unspecified atom stereocenters. The summed E-state index contributed by atoms with van der Waals surface area (Å²) in [5, 5.41) is 8.95. The lowest BCUT2D eigenvalue weighted by atomic mass is 10.2. The molecule has 1 aliphatic heterocycles. The third-order valence-corrected chi connectivity index (χ3v) is 1.28. The van der Waals surface area contributed by atoms with E-state index in [-0.39, 0.29) is 6.61 Å². The highest BCUT2D eigenvalue weighted by molar-refractivity contribution is 5.91. The van der Waals surface area contributed by atoms with Crippen molar-refractivity contribution in [2.75, 3.05) is 6.61 Å². The van der Waals surface area contributed by atoms with E-state index < -0.39 is 12.1 Å². The van der Waals surface area contributed by atoms with Gasteiger partial charge in [0.2, 0.25) is 0 Å². The maximum absolute atomic E-state index is 10.6. The second-order valence-corrected chi connectivity index (χ2v) is 1.86. The fourth-order valence-electron chi connectivity index (χ4n) is 0.774. The van der Waals surface area contributed by atoms with E-state index in [4.69, 9.17) is 5.11 Å². The van der Waals surface area contributed by atoms with Crippen LogP contribution in [0.25, 0.3) is 0 Å². The maximum Gasteiger partial charge on any atom is 0.336 e.